The Kier molecular flexibility index (Phi) is 4.04. The second kappa shape index (κ2) is 6.14. The Morgan fingerprint density at radius 1 is 0.783 bits per heavy atom. The molecule has 3 aromatic carbocycles. The number of benzene rings is 3. The summed E-state index contributed by atoms with van der Waals surface area (Å²) in [5, 5.41) is 0. The smallest absolute Gasteiger partial charge is 0.339 e. The topological polar surface area (TPSA) is 69.4 Å². The third-order valence-corrected chi connectivity index (χ3v) is 4.61. The Hall–Kier alpha value is -2.79. The lowest BCUT2D eigenvalue weighted by molar-refractivity contribution is 0.486. The van der Waals surface area contributed by atoms with Crippen molar-refractivity contribution < 1.29 is 12.6 Å². The predicted molar refractivity (Wildman–Crippen MR) is 90.5 cm³/mol. The average molecular weight is 325 g/mol. The number of hydrogen-bond donors (Lipinski definition) is 1. The molecule has 0 amide bonds. The van der Waals surface area contributed by atoms with Crippen LogP contribution < -0.4 is 9.92 Å². The number of rotatable bonds is 4. The van der Waals surface area contributed by atoms with E-state index in [9.17, 15) is 8.42 Å². The van der Waals surface area contributed by atoms with Crippen LogP contribution in [0.5, 0.6) is 5.75 Å². The van der Waals surface area contributed by atoms with Crippen LogP contribution >= 0.6 is 0 Å². The van der Waals surface area contributed by atoms with E-state index in [2.05, 4.69) is 0 Å². The summed E-state index contributed by atoms with van der Waals surface area (Å²) < 4.78 is 30.5. The first kappa shape index (κ1) is 15.1. The van der Waals surface area contributed by atoms with Gasteiger partial charge in [-0.05, 0) is 23.8 Å². The van der Waals surface area contributed by atoms with E-state index in [0.29, 0.717) is 11.3 Å². The zero-order valence-corrected chi connectivity index (χ0v) is 13.0. The van der Waals surface area contributed by atoms with E-state index in [4.69, 9.17) is 9.92 Å². The molecule has 2 N–H and O–H groups in total. The van der Waals surface area contributed by atoms with Gasteiger partial charge in [0.05, 0.1) is 0 Å². The van der Waals surface area contributed by atoms with Crippen molar-refractivity contribution in [2.45, 2.75) is 4.90 Å². The molecule has 0 saturated heterocycles. The minimum absolute atomic E-state index is 0.119. The van der Waals surface area contributed by atoms with Gasteiger partial charge in [0, 0.05) is 17.3 Å². The lowest BCUT2D eigenvalue weighted by Crippen LogP contribution is -2.11. The Labute approximate surface area is 135 Å². The van der Waals surface area contributed by atoms with Crippen LogP contribution in [0.4, 0.5) is 5.69 Å². The number of nitrogen functional groups attached to an aromatic ring is 1. The number of anilines is 1. The SMILES string of the molecule is Nc1cccc(OS(=O)(=O)c2ccccc2-c2ccccc2)c1. The molecule has 5 heteroatoms. The molecule has 0 aromatic heterocycles. The fourth-order valence-corrected chi connectivity index (χ4v) is 3.43. The van der Waals surface area contributed by atoms with Crippen LogP contribution in [0.2, 0.25) is 0 Å². The fourth-order valence-electron chi connectivity index (χ4n) is 2.28. The van der Waals surface area contributed by atoms with Crippen LogP contribution in [0.15, 0.2) is 83.8 Å². The van der Waals surface area contributed by atoms with E-state index in [0.717, 1.165) is 5.56 Å². The van der Waals surface area contributed by atoms with E-state index in [1.165, 1.54) is 12.1 Å². The first-order valence-corrected chi connectivity index (χ1v) is 8.41. The van der Waals surface area contributed by atoms with Gasteiger partial charge in [-0.15, -0.1) is 0 Å². The lowest BCUT2D eigenvalue weighted by atomic mass is 10.1. The van der Waals surface area contributed by atoms with Crippen molar-refractivity contribution in [1.82, 2.24) is 0 Å². The molecule has 3 rings (SSSR count). The largest absolute Gasteiger partial charge is 0.399 e. The fraction of sp³-hybridized carbons (Fsp3) is 0. The van der Waals surface area contributed by atoms with Gasteiger partial charge in [-0.2, -0.15) is 8.42 Å². The molecule has 0 radical (unpaired) electrons. The average Bonchev–Trinajstić information content (AvgIpc) is 2.55. The Morgan fingerprint density at radius 2 is 1.48 bits per heavy atom. The molecule has 116 valence electrons. The summed E-state index contributed by atoms with van der Waals surface area (Å²) in [6, 6.07) is 22.4. The van der Waals surface area contributed by atoms with Crippen LogP contribution in [-0.4, -0.2) is 8.42 Å². The van der Waals surface area contributed by atoms with E-state index >= 15 is 0 Å². The molecule has 0 saturated carbocycles. The first-order chi connectivity index (χ1) is 11.1. The highest BCUT2D eigenvalue weighted by atomic mass is 32.2. The van der Waals surface area contributed by atoms with Gasteiger partial charge in [-0.1, -0.05) is 54.6 Å². The van der Waals surface area contributed by atoms with E-state index in [1.54, 1.807) is 36.4 Å². The molecule has 0 fully saturated rings. The summed E-state index contributed by atoms with van der Waals surface area (Å²) in [5.41, 5.74) is 7.50. The Morgan fingerprint density at radius 3 is 2.22 bits per heavy atom. The molecule has 0 aliphatic heterocycles. The third kappa shape index (κ3) is 3.35. The molecule has 0 heterocycles. The monoisotopic (exact) mass is 325 g/mol. The van der Waals surface area contributed by atoms with Crippen molar-refractivity contribution in [3.63, 3.8) is 0 Å². The van der Waals surface area contributed by atoms with Crippen LogP contribution in [0.25, 0.3) is 11.1 Å². The van der Waals surface area contributed by atoms with Gasteiger partial charge >= 0.3 is 10.1 Å². The summed E-state index contributed by atoms with van der Waals surface area (Å²) in [7, 11) is -3.96. The van der Waals surface area contributed by atoms with Crippen molar-refractivity contribution in [2.75, 3.05) is 5.73 Å². The van der Waals surface area contributed by atoms with Gasteiger partial charge in [0.15, 0.2) is 0 Å². The standard InChI is InChI=1S/C18H15NO3S/c19-15-9-6-10-16(13-15)22-23(20,21)18-12-5-4-11-17(18)14-7-2-1-3-8-14/h1-13H,19H2. The number of hydrogen-bond acceptors (Lipinski definition) is 4. The Bertz CT molecular complexity index is 922. The van der Waals surface area contributed by atoms with Gasteiger partial charge in [0.1, 0.15) is 10.6 Å². The van der Waals surface area contributed by atoms with Crippen molar-refractivity contribution in [1.29, 1.82) is 0 Å². The quantitative estimate of drug-likeness (QED) is 0.586. The van der Waals surface area contributed by atoms with Crippen LogP contribution in [0.1, 0.15) is 0 Å². The van der Waals surface area contributed by atoms with Crippen molar-refractivity contribution in [3.05, 3.63) is 78.9 Å². The highest BCUT2D eigenvalue weighted by molar-refractivity contribution is 7.87. The molecule has 0 aliphatic rings. The molecule has 0 bridgehead atoms. The molecular weight excluding hydrogens is 310 g/mol. The maximum absolute atomic E-state index is 12.6. The first-order valence-electron chi connectivity index (χ1n) is 7.01. The molecule has 0 spiro atoms. The molecule has 3 aromatic rings. The zero-order valence-electron chi connectivity index (χ0n) is 12.2. The van der Waals surface area contributed by atoms with Crippen molar-refractivity contribution in [3.8, 4) is 16.9 Å². The molecule has 0 atom stereocenters. The maximum atomic E-state index is 12.6. The Balaban J connectivity index is 2.04. The molecule has 4 nitrogen and oxygen atoms in total. The summed E-state index contributed by atoms with van der Waals surface area (Å²) >= 11 is 0. The normalized spacial score (nSPS) is 11.1. The summed E-state index contributed by atoms with van der Waals surface area (Å²) in [6.45, 7) is 0. The summed E-state index contributed by atoms with van der Waals surface area (Å²) in [5.74, 6) is 0.188. The molecule has 0 aliphatic carbocycles. The highest BCUT2D eigenvalue weighted by Crippen LogP contribution is 2.29. The minimum atomic E-state index is -3.96. The zero-order chi connectivity index (χ0) is 16.3. The van der Waals surface area contributed by atoms with Crippen molar-refractivity contribution >= 4 is 15.8 Å². The molecular formula is C18H15NO3S. The summed E-state index contributed by atoms with van der Waals surface area (Å²) in [4.78, 5) is 0.119. The van der Waals surface area contributed by atoms with Gasteiger partial charge in [0.2, 0.25) is 0 Å². The second-order valence-electron chi connectivity index (χ2n) is 4.97. The lowest BCUT2D eigenvalue weighted by Gasteiger charge is -2.11. The predicted octanol–water partition coefficient (Wildman–Crippen LogP) is 3.70. The van der Waals surface area contributed by atoms with Crippen LogP contribution in [0.3, 0.4) is 0 Å². The van der Waals surface area contributed by atoms with Gasteiger partial charge in [-0.25, -0.2) is 0 Å². The minimum Gasteiger partial charge on any atom is -0.399 e. The maximum Gasteiger partial charge on any atom is 0.339 e. The van der Waals surface area contributed by atoms with Gasteiger partial charge < -0.3 is 9.92 Å². The van der Waals surface area contributed by atoms with Crippen LogP contribution in [-0.2, 0) is 10.1 Å². The van der Waals surface area contributed by atoms with E-state index in [1.807, 2.05) is 30.3 Å². The highest BCUT2D eigenvalue weighted by Gasteiger charge is 2.21. The third-order valence-electron chi connectivity index (χ3n) is 3.31. The summed E-state index contributed by atoms with van der Waals surface area (Å²) in [6.07, 6.45) is 0. The molecule has 0 unspecified atom stereocenters. The van der Waals surface area contributed by atoms with Gasteiger partial charge in [0.25, 0.3) is 0 Å². The van der Waals surface area contributed by atoms with E-state index < -0.39 is 10.1 Å². The number of nitrogens with two attached hydrogens (primary N) is 1. The molecule has 23 heavy (non-hydrogen) atoms. The van der Waals surface area contributed by atoms with Gasteiger partial charge in [-0.3, -0.25) is 0 Å². The van der Waals surface area contributed by atoms with Crippen molar-refractivity contribution in [2.24, 2.45) is 0 Å². The van der Waals surface area contributed by atoms with E-state index in [-0.39, 0.29) is 10.6 Å². The second-order valence-corrected chi connectivity index (χ2v) is 6.49. The van der Waals surface area contributed by atoms with Crippen LogP contribution in [0, 0.1) is 0 Å².